The van der Waals surface area contributed by atoms with Crippen LogP contribution in [0.15, 0.2) is 41.3 Å². The Labute approximate surface area is 164 Å². The molecule has 2 N–H and O–H groups in total. The average molecular weight is 398 g/mol. The van der Waals surface area contributed by atoms with Crippen LogP contribution in [0.1, 0.15) is 19.0 Å². The fourth-order valence-corrected chi connectivity index (χ4v) is 2.89. The van der Waals surface area contributed by atoms with Crippen LogP contribution in [-0.2, 0) is 4.79 Å². The van der Waals surface area contributed by atoms with E-state index < -0.39 is 0 Å². The highest BCUT2D eigenvalue weighted by Gasteiger charge is 2.16. The molecule has 9 nitrogen and oxygen atoms in total. The predicted octanol–water partition coefficient (Wildman–Crippen LogP) is 2.60. The van der Waals surface area contributed by atoms with Gasteiger partial charge in [-0.3, -0.25) is 14.6 Å². The van der Waals surface area contributed by atoms with Gasteiger partial charge in [0, 0.05) is 17.5 Å². The first-order valence-corrected chi connectivity index (χ1v) is 8.95. The number of aromatic amines is 1. The van der Waals surface area contributed by atoms with Gasteiger partial charge in [0.1, 0.15) is 11.2 Å². The molecule has 3 aromatic heterocycles. The zero-order valence-corrected chi connectivity index (χ0v) is 15.9. The number of halogens is 1. The molecule has 142 valence electrons. The molecule has 0 aliphatic heterocycles. The minimum absolute atomic E-state index is 0.171. The third kappa shape index (κ3) is 3.16. The second-order valence-electron chi connectivity index (χ2n) is 6.14. The Morgan fingerprint density at radius 3 is 2.71 bits per heavy atom. The van der Waals surface area contributed by atoms with E-state index >= 15 is 0 Å². The van der Waals surface area contributed by atoms with Crippen molar-refractivity contribution in [3.05, 3.63) is 57.6 Å². The molecule has 0 aliphatic carbocycles. The lowest BCUT2D eigenvalue weighted by Gasteiger charge is -2.08. The maximum atomic E-state index is 12.6. The van der Waals surface area contributed by atoms with E-state index in [1.807, 2.05) is 0 Å². The first-order chi connectivity index (χ1) is 13.5. The number of nitrogens with one attached hydrogen (secondary N) is 2. The van der Waals surface area contributed by atoms with Gasteiger partial charge in [-0.2, -0.15) is 19.9 Å². The Balaban J connectivity index is 1.88. The number of anilines is 1. The number of amides is 1. The Morgan fingerprint density at radius 1 is 1.25 bits per heavy atom. The van der Waals surface area contributed by atoms with E-state index in [4.69, 9.17) is 11.6 Å². The topological polar surface area (TPSA) is 110 Å². The highest BCUT2D eigenvalue weighted by atomic mass is 35.5. The normalized spacial score (nSPS) is 11.1. The van der Waals surface area contributed by atoms with Crippen molar-refractivity contribution in [2.75, 3.05) is 5.32 Å². The van der Waals surface area contributed by atoms with Crippen LogP contribution in [0.3, 0.4) is 0 Å². The van der Waals surface area contributed by atoms with Crippen molar-refractivity contribution in [3.63, 3.8) is 0 Å². The lowest BCUT2D eigenvalue weighted by Crippen LogP contribution is -2.18. The van der Waals surface area contributed by atoms with Gasteiger partial charge in [0.2, 0.25) is 11.9 Å². The van der Waals surface area contributed by atoms with Gasteiger partial charge in [-0.25, -0.2) is 4.68 Å². The Hall–Kier alpha value is -3.46. The van der Waals surface area contributed by atoms with Crippen LogP contribution in [0, 0.1) is 6.92 Å². The van der Waals surface area contributed by atoms with Crippen LogP contribution >= 0.6 is 11.6 Å². The molecule has 0 atom stereocenters. The summed E-state index contributed by atoms with van der Waals surface area (Å²) in [4.78, 5) is 31.6. The van der Waals surface area contributed by atoms with Gasteiger partial charge in [-0.05, 0) is 31.2 Å². The average Bonchev–Trinajstić information content (AvgIpc) is 3.26. The second kappa shape index (κ2) is 6.93. The van der Waals surface area contributed by atoms with Crippen LogP contribution in [0.4, 0.5) is 5.82 Å². The predicted molar refractivity (Wildman–Crippen MR) is 105 cm³/mol. The second-order valence-corrected chi connectivity index (χ2v) is 6.58. The summed E-state index contributed by atoms with van der Waals surface area (Å²) in [5, 5.41) is 12.3. The van der Waals surface area contributed by atoms with Crippen molar-refractivity contribution in [1.29, 1.82) is 0 Å². The van der Waals surface area contributed by atoms with Gasteiger partial charge in [-0.15, -0.1) is 0 Å². The number of fused-ring (bicyclic) bond motifs is 1. The Bertz CT molecular complexity index is 1240. The van der Waals surface area contributed by atoms with Gasteiger partial charge in [-0.1, -0.05) is 18.5 Å². The van der Waals surface area contributed by atoms with Crippen LogP contribution in [0.5, 0.6) is 0 Å². The summed E-state index contributed by atoms with van der Waals surface area (Å²) in [6.07, 6.45) is 1.77. The molecular formula is C18H16ClN7O2. The van der Waals surface area contributed by atoms with Gasteiger partial charge < -0.3 is 5.32 Å². The number of aromatic nitrogens is 6. The zero-order chi connectivity index (χ0) is 19.8. The molecule has 0 bridgehead atoms. The van der Waals surface area contributed by atoms with Gasteiger partial charge >= 0.3 is 0 Å². The van der Waals surface area contributed by atoms with Crippen molar-refractivity contribution >= 4 is 34.4 Å². The van der Waals surface area contributed by atoms with Crippen LogP contribution in [-0.4, -0.2) is 35.4 Å². The summed E-state index contributed by atoms with van der Waals surface area (Å²) in [6, 6.07) is 8.72. The molecule has 0 unspecified atom stereocenters. The number of hydrogen-bond donors (Lipinski definition) is 2. The summed E-state index contributed by atoms with van der Waals surface area (Å²) in [7, 11) is 0. The fourth-order valence-electron chi connectivity index (χ4n) is 2.76. The number of H-pyrrole nitrogens is 1. The molecule has 0 spiro atoms. The SMILES string of the molecule is CCC(=O)Nc1cc(C)nn1-c1nc2c(cnn2-c2ccc(Cl)cc2)c(=O)[nH]1. The number of benzene rings is 1. The van der Waals surface area contributed by atoms with E-state index in [1.54, 1.807) is 48.9 Å². The summed E-state index contributed by atoms with van der Waals surface area (Å²) in [6.45, 7) is 3.53. The number of carbonyl (C=O) groups is 1. The van der Waals surface area contributed by atoms with Crippen LogP contribution < -0.4 is 10.9 Å². The number of rotatable bonds is 4. The number of nitrogens with zero attached hydrogens (tertiary/aromatic N) is 5. The summed E-state index contributed by atoms with van der Waals surface area (Å²) >= 11 is 5.95. The molecule has 10 heteroatoms. The number of hydrogen-bond acceptors (Lipinski definition) is 5. The van der Waals surface area contributed by atoms with E-state index in [9.17, 15) is 9.59 Å². The smallest absolute Gasteiger partial charge is 0.263 e. The van der Waals surface area contributed by atoms with E-state index in [1.165, 1.54) is 10.9 Å². The van der Waals surface area contributed by atoms with Gasteiger partial charge in [0.15, 0.2) is 5.65 Å². The molecule has 4 aromatic rings. The maximum Gasteiger partial charge on any atom is 0.263 e. The maximum absolute atomic E-state index is 12.6. The van der Waals surface area contributed by atoms with Crippen molar-refractivity contribution < 1.29 is 4.79 Å². The standard InChI is InChI=1S/C18H16ClN7O2/c1-3-15(27)21-14-8-10(2)24-26(14)18-22-16-13(17(28)23-18)9-20-25(16)12-6-4-11(19)5-7-12/h4-9H,3H2,1-2H3,(H,21,27)(H,22,23,28). The summed E-state index contributed by atoms with van der Waals surface area (Å²) < 4.78 is 2.94. The van der Waals surface area contributed by atoms with Crippen LogP contribution in [0.2, 0.25) is 5.02 Å². The molecule has 1 amide bonds. The lowest BCUT2D eigenvalue weighted by atomic mass is 10.3. The van der Waals surface area contributed by atoms with E-state index in [0.717, 1.165) is 0 Å². The van der Waals surface area contributed by atoms with Gasteiger partial charge in [0.05, 0.1) is 17.6 Å². The van der Waals surface area contributed by atoms with Crippen molar-refractivity contribution in [1.82, 2.24) is 29.5 Å². The van der Waals surface area contributed by atoms with E-state index in [0.29, 0.717) is 39.7 Å². The zero-order valence-electron chi connectivity index (χ0n) is 15.1. The molecule has 1 aromatic carbocycles. The molecule has 0 aliphatic rings. The number of carbonyl (C=O) groups excluding carboxylic acids is 1. The van der Waals surface area contributed by atoms with Gasteiger partial charge in [0.25, 0.3) is 5.56 Å². The van der Waals surface area contributed by atoms with Crippen molar-refractivity contribution in [2.24, 2.45) is 0 Å². The van der Waals surface area contributed by atoms with Crippen LogP contribution in [0.25, 0.3) is 22.7 Å². The highest BCUT2D eigenvalue weighted by Crippen LogP contribution is 2.19. The van der Waals surface area contributed by atoms with Crippen molar-refractivity contribution in [3.8, 4) is 11.6 Å². The largest absolute Gasteiger partial charge is 0.310 e. The van der Waals surface area contributed by atoms with Crippen molar-refractivity contribution in [2.45, 2.75) is 20.3 Å². The molecule has 3 heterocycles. The quantitative estimate of drug-likeness (QED) is 0.550. The molecule has 0 saturated carbocycles. The molecule has 0 radical (unpaired) electrons. The number of aryl methyl sites for hydroxylation is 1. The Kier molecular flexibility index (Phi) is 4.44. The molecule has 28 heavy (non-hydrogen) atoms. The van der Waals surface area contributed by atoms with E-state index in [-0.39, 0.29) is 17.4 Å². The summed E-state index contributed by atoms with van der Waals surface area (Å²) in [5.41, 5.74) is 1.38. The lowest BCUT2D eigenvalue weighted by molar-refractivity contribution is -0.115. The van der Waals surface area contributed by atoms with E-state index in [2.05, 4.69) is 25.5 Å². The molecule has 4 rings (SSSR count). The summed E-state index contributed by atoms with van der Waals surface area (Å²) in [5.74, 6) is 0.424. The third-order valence-electron chi connectivity index (χ3n) is 4.12. The first kappa shape index (κ1) is 17.9. The Morgan fingerprint density at radius 2 is 2.00 bits per heavy atom. The molecule has 0 saturated heterocycles. The minimum Gasteiger partial charge on any atom is -0.310 e. The monoisotopic (exact) mass is 397 g/mol. The minimum atomic E-state index is -0.360. The molecule has 0 fully saturated rings. The third-order valence-corrected chi connectivity index (χ3v) is 4.37. The first-order valence-electron chi connectivity index (χ1n) is 8.57. The molecular weight excluding hydrogens is 382 g/mol. The highest BCUT2D eigenvalue weighted by molar-refractivity contribution is 6.30. The fraction of sp³-hybridized carbons (Fsp3) is 0.167.